The second-order valence-corrected chi connectivity index (χ2v) is 4.08. The molecule has 0 amide bonds. The minimum atomic E-state index is -0.440. The number of hydrogen-bond acceptors (Lipinski definition) is 5. The molecule has 0 spiro atoms. The van der Waals surface area contributed by atoms with Gasteiger partial charge in [0.05, 0.1) is 11.5 Å². The van der Waals surface area contributed by atoms with E-state index in [-0.39, 0.29) is 12.2 Å². The highest BCUT2D eigenvalue weighted by atomic mass is 32.2. The minimum absolute atomic E-state index is 0.0395. The maximum atomic E-state index is 10.6. The van der Waals surface area contributed by atoms with Crippen LogP contribution in [0.2, 0.25) is 0 Å². The van der Waals surface area contributed by atoms with Crippen molar-refractivity contribution in [1.29, 1.82) is 0 Å². The van der Waals surface area contributed by atoms with Gasteiger partial charge in [-0.3, -0.25) is 10.1 Å². The first-order valence-electron chi connectivity index (χ1n) is 4.78. The van der Waals surface area contributed by atoms with Gasteiger partial charge in [-0.2, -0.15) is 11.8 Å². The van der Waals surface area contributed by atoms with Crippen molar-refractivity contribution in [2.24, 2.45) is 5.73 Å². The van der Waals surface area contributed by atoms with Crippen LogP contribution in [0.5, 0.6) is 5.75 Å². The normalized spacial score (nSPS) is 10.1. The number of nitro groups is 1. The second-order valence-electron chi connectivity index (χ2n) is 3.09. The fourth-order valence-corrected chi connectivity index (χ4v) is 1.46. The summed E-state index contributed by atoms with van der Waals surface area (Å²) in [5.41, 5.74) is 6.22. The summed E-state index contributed by atoms with van der Waals surface area (Å²) >= 11 is 1.68. The number of hydrogen-bond donors (Lipinski definition) is 1. The van der Waals surface area contributed by atoms with Gasteiger partial charge in [0.25, 0.3) is 5.69 Å². The summed E-state index contributed by atoms with van der Waals surface area (Å²) in [6, 6.07) is 4.47. The summed E-state index contributed by atoms with van der Waals surface area (Å²) in [5.74, 6) is 1.50. The van der Waals surface area contributed by atoms with Gasteiger partial charge in [-0.05, 0) is 12.3 Å². The van der Waals surface area contributed by atoms with Crippen LogP contribution in [0.25, 0.3) is 0 Å². The van der Waals surface area contributed by atoms with E-state index in [1.165, 1.54) is 12.1 Å². The number of nitrogens with two attached hydrogens (primary N) is 1. The van der Waals surface area contributed by atoms with Crippen LogP contribution in [-0.4, -0.2) is 23.5 Å². The maximum absolute atomic E-state index is 10.6. The van der Waals surface area contributed by atoms with Crippen molar-refractivity contribution in [3.8, 4) is 5.75 Å². The molecule has 0 aliphatic heterocycles. The molecule has 0 aromatic heterocycles. The van der Waals surface area contributed by atoms with Crippen molar-refractivity contribution in [3.05, 3.63) is 33.9 Å². The average Bonchev–Trinajstić information content (AvgIpc) is 2.29. The number of ether oxygens (including phenoxy) is 1. The fourth-order valence-electron chi connectivity index (χ4n) is 1.21. The van der Waals surface area contributed by atoms with Gasteiger partial charge in [0.1, 0.15) is 5.75 Å². The number of rotatable bonds is 6. The SMILES string of the molecule is CSCCOc1ccc([N+](=O)[O-])cc1CN. The van der Waals surface area contributed by atoms with E-state index < -0.39 is 4.92 Å². The molecule has 6 heteroatoms. The van der Waals surface area contributed by atoms with Crippen LogP contribution in [0.1, 0.15) is 5.56 Å². The Morgan fingerprint density at radius 1 is 1.56 bits per heavy atom. The Morgan fingerprint density at radius 2 is 2.31 bits per heavy atom. The van der Waals surface area contributed by atoms with Crippen molar-refractivity contribution in [3.63, 3.8) is 0 Å². The molecule has 0 saturated heterocycles. The lowest BCUT2D eigenvalue weighted by Gasteiger charge is -2.09. The average molecular weight is 242 g/mol. The number of nitro benzene ring substituents is 1. The highest BCUT2D eigenvalue weighted by Crippen LogP contribution is 2.23. The van der Waals surface area contributed by atoms with E-state index in [0.717, 1.165) is 5.75 Å². The number of benzene rings is 1. The largest absolute Gasteiger partial charge is 0.492 e. The Hall–Kier alpha value is -1.27. The third-order valence-corrected chi connectivity index (χ3v) is 2.59. The molecule has 0 unspecified atom stereocenters. The van der Waals surface area contributed by atoms with E-state index in [1.54, 1.807) is 17.8 Å². The lowest BCUT2D eigenvalue weighted by atomic mass is 10.2. The van der Waals surface area contributed by atoms with Gasteiger partial charge in [0.2, 0.25) is 0 Å². The first-order valence-corrected chi connectivity index (χ1v) is 6.17. The van der Waals surface area contributed by atoms with Crippen molar-refractivity contribution >= 4 is 17.4 Å². The van der Waals surface area contributed by atoms with Crippen LogP contribution in [0.3, 0.4) is 0 Å². The van der Waals surface area contributed by atoms with E-state index in [0.29, 0.717) is 17.9 Å². The first kappa shape index (κ1) is 12.8. The summed E-state index contributed by atoms with van der Waals surface area (Å²) < 4.78 is 5.48. The van der Waals surface area contributed by atoms with E-state index in [2.05, 4.69) is 0 Å². The Balaban J connectivity index is 2.80. The number of thioether (sulfide) groups is 1. The first-order chi connectivity index (χ1) is 7.69. The minimum Gasteiger partial charge on any atom is -0.492 e. The highest BCUT2D eigenvalue weighted by Gasteiger charge is 2.10. The molecule has 0 bridgehead atoms. The van der Waals surface area contributed by atoms with E-state index in [4.69, 9.17) is 10.5 Å². The van der Waals surface area contributed by atoms with Crippen LogP contribution in [0, 0.1) is 10.1 Å². The van der Waals surface area contributed by atoms with Crippen LogP contribution in [0.4, 0.5) is 5.69 Å². The van der Waals surface area contributed by atoms with Crippen LogP contribution in [0.15, 0.2) is 18.2 Å². The maximum Gasteiger partial charge on any atom is 0.270 e. The number of nitrogens with zero attached hydrogens (tertiary/aromatic N) is 1. The molecule has 1 aromatic carbocycles. The zero-order valence-electron chi connectivity index (χ0n) is 9.01. The zero-order chi connectivity index (χ0) is 12.0. The highest BCUT2D eigenvalue weighted by molar-refractivity contribution is 7.98. The quantitative estimate of drug-likeness (QED) is 0.467. The van der Waals surface area contributed by atoms with E-state index >= 15 is 0 Å². The van der Waals surface area contributed by atoms with Crippen LogP contribution in [-0.2, 0) is 6.54 Å². The van der Waals surface area contributed by atoms with Crippen molar-refractivity contribution in [2.75, 3.05) is 18.6 Å². The Morgan fingerprint density at radius 3 is 2.88 bits per heavy atom. The van der Waals surface area contributed by atoms with Crippen molar-refractivity contribution < 1.29 is 9.66 Å². The number of non-ortho nitro benzene ring substituents is 1. The molecule has 0 saturated carbocycles. The fraction of sp³-hybridized carbons (Fsp3) is 0.400. The van der Waals surface area contributed by atoms with Crippen LogP contribution >= 0.6 is 11.8 Å². The second kappa shape index (κ2) is 6.34. The smallest absolute Gasteiger partial charge is 0.270 e. The molecule has 16 heavy (non-hydrogen) atoms. The lowest BCUT2D eigenvalue weighted by molar-refractivity contribution is -0.384. The monoisotopic (exact) mass is 242 g/mol. The topological polar surface area (TPSA) is 78.4 Å². The van der Waals surface area contributed by atoms with Gasteiger partial charge in [0, 0.05) is 30.0 Å². The molecular formula is C10H14N2O3S. The third-order valence-electron chi connectivity index (χ3n) is 2.02. The Kier molecular flexibility index (Phi) is 5.07. The van der Waals surface area contributed by atoms with E-state index in [9.17, 15) is 10.1 Å². The molecule has 0 heterocycles. The molecule has 0 aliphatic carbocycles. The lowest BCUT2D eigenvalue weighted by Crippen LogP contribution is -2.05. The van der Waals surface area contributed by atoms with Gasteiger partial charge in [-0.25, -0.2) is 0 Å². The molecular weight excluding hydrogens is 228 g/mol. The molecule has 1 aromatic rings. The van der Waals surface area contributed by atoms with Crippen LogP contribution < -0.4 is 10.5 Å². The van der Waals surface area contributed by atoms with Crippen molar-refractivity contribution in [1.82, 2.24) is 0 Å². The predicted molar refractivity (Wildman–Crippen MR) is 64.9 cm³/mol. The molecule has 88 valence electrons. The van der Waals surface area contributed by atoms with Gasteiger partial charge in [-0.15, -0.1) is 0 Å². The summed E-state index contributed by atoms with van der Waals surface area (Å²) in [7, 11) is 0. The standard InChI is InChI=1S/C10H14N2O3S/c1-16-5-4-15-10-3-2-9(12(13)14)6-8(10)7-11/h2-3,6H,4-5,7,11H2,1H3. The molecule has 5 nitrogen and oxygen atoms in total. The molecule has 0 atom stereocenters. The van der Waals surface area contributed by atoms with Crippen molar-refractivity contribution in [2.45, 2.75) is 6.54 Å². The Labute approximate surface area is 98.1 Å². The third kappa shape index (κ3) is 3.39. The summed E-state index contributed by atoms with van der Waals surface area (Å²) in [4.78, 5) is 10.1. The summed E-state index contributed by atoms with van der Waals surface area (Å²) in [6.07, 6.45) is 1.99. The van der Waals surface area contributed by atoms with Gasteiger partial charge in [-0.1, -0.05) is 0 Å². The summed E-state index contributed by atoms with van der Waals surface area (Å²) in [5, 5.41) is 10.6. The predicted octanol–water partition coefficient (Wildman–Crippen LogP) is 1.80. The molecule has 0 radical (unpaired) electrons. The molecule has 1 rings (SSSR count). The van der Waals surface area contributed by atoms with Gasteiger partial charge in [0.15, 0.2) is 0 Å². The zero-order valence-corrected chi connectivity index (χ0v) is 9.83. The van der Waals surface area contributed by atoms with Gasteiger partial charge < -0.3 is 10.5 Å². The molecule has 0 fully saturated rings. The van der Waals surface area contributed by atoms with E-state index in [1.807, 2.05) is 6.26 Å². The molecule has 2 N–H and O–H groups in total. The summed E-state index contributed by atoms with van der Waals surface area (Å²) in [6.45, 7) is 0.808. The van der Waals surface area contributed by atoms with Gasteiger partial charge >= 0.3 is 0 Å². The Bertz CT molecular complexity index is 371. The molecule has 0 aliphatic rings.